The first-order chi connectivity index (χ1) is 14.0. The van der Waals surface area contributed by atoms with Crippen LogP contribution in [0.25, 0.3) is 0 Å². The number of fused-ring (bicyclic) bond motifs is 1. The van der Waals surface area contributed by atoms with E-state index in [1.807, 2.05) is 26.0 Å². The van der Waals surface area contributed by atoms with E-state index in [2.05, 4.69) is 20.0 Å². The molecule has 29 heavy (non-hydrogen) atoms. The molecule has 3 heterocycles. The van der Waals surface area contributed by atoms with Gasteiger partial charge in [0.25, 0.3) is 0 Å². The van der Waals surface area contributed by atoms with Crippen LogP contribution in [-0.4, -0.2) is 51.6 Å². The molecule has 1 aromatic heterocycles. The smallest absolute Gasteiger partial charge is 0.223 e. The molecule has 156 valence electrons. The second-order valence-corrected chi connectivity index (χ2v) is 8.62. The summed E-state index contributed by atoms with van der Waals surface area (Å²) in [6.45, 7) is 7.77. The molecule has 0 aliphatic carbocycles. The Kier molecular flexibility index (Phi) is 5.99. The number of carbonyl (C=O) groups is 1. The van der Waals surface area contributed by atoms with E-state index in [9.17, 15) is 9.18 Å². The first kappa shape index (κ1) is 20.1. The van der Waals surface area contributed by atoms with Crippen LogP contribution < -0.4 is 0 Å². The number of hydrogen-bond acceptors (Lipinski definition) is 3. The number of aryl methyl sites for hydroxylation is 2. The lowest BCUT2D eigenvalue weighted by Gasteiger charge is -2.47. The molecule has 2 aromatic rings. The molecule has 1 amide bonds. The van der Waals surface area contributed by atoms with Gasteiger partial charge in [-0.25, -0.2) is 4.39 Å². The summed E-state index contributed by atoms with van der Waals surface area (Å²) < 4.78 is 13.1. The topological polar surface area (TPSA) is 52.2 Å². The lowest BCUT2D eigenvalue weighted by molar-refractivity contribution is -0.138. The van der Waals surface area contributed by atoms with Crippen LogP contribution in [0.2, 0.25) is 0 Å². The van der Waals surface area contributed by atoms with Crippen molar-refractivity contribution in [2.75, 3.05) is 19.6 Å². The van der Waals surface area contributed by atoms with E-state index in [0.29, 0.717) is 18.4 Å². The van der Waals surface area contributed by atoms with Crippen LogP contribution in [0.15, 0.2) is 24.3 Å². The monoisotopic (exact) mass is 398 g/mol. The van der Waals surface area contributed by atoms with Gasteiger partial charge in [-0.05, 0) is 68.7 Å². The first-order valence-electron chi connectivity index (χ1n) is 10.8. The highest BCUT2D eigenvalue weighted by Gasteiger charge is 2.37. The fraction of sp³-hybridized carbons (Fsp3) is 0.565. The number of rotatable bonds is 5. The molecule has 1 N–H and O–H groups in total. The summed E-state index contributed by atoms with van der Waals surface area (Å²) in [5.74, 6) is 0.640. The molecular formula is C23H31FN4O. The van der Waals surface area contributed by atoms with E-state index in [-0.39, 0.29) is 11.7 Å². The van der Waals surface area contributed by atoms with Gasteiger partial charge < -0.3 is 4.90 Å². The molecule has 2 fully saturated rings. The van der Waals surface area contributed by atoms with Gasteiger partial charge in [-0.1, -0.05) is 12.1 Å². The van der Waals surface area contributed by atoms with Gasteiger partial charge in [-0.15, -0.1) is 0 Å². The molecule has 1 aromatic carbocycles. The van der Waals surface area contributed by atoms with Gasteiger partial charge in [0.1, 0.15) is 5.82 Å². The highest BCUT2D eigenvalue weighted by molar-refractivity contribution is 5.77. The lowest BCUT2D eigenvalue weighted by Crippen LogP contribution is -2.55. The quantitative estimate of drug-likeness (QED) is 0.837. The summed E-state index contributed by atoms with van der Waals surface area (Å²) in [5, 5.41) is 7.26. The van der Waals surface area contributed by atoms with Crippen molar-refractivity contribution in [3.05, 3.63) is 52.6 Å². The Morgan fingerprint density at radius 3 is 2.72 bits per heavy atom. The van der Waals surface area contributed by atoms with Gasteiger partial charge in [0.2, 0.25) is 5.91 Å². The largest absolute Gasteiger partial charge is 0.339 e. The summed E-state index contributed by atoms with van der Waals surface area (Å²) in [4.78, 5) is 17.6. The number of H-pyrrole nitrogens is 1. The van der Waals surface area contributed by atoms with Crippen LogP contribution in [0.5, 0.6) is 0 Å². The molecule has 2 saturated heterocycles. The van der Waals surface area contributed by atoms with Gasteiger partial charge in [-0.2, -0.15) is 5.10 Å². The van der Waals surface area contributed by atoms with Crippen LogP contribution in [0, 0.1) is 25.6 Å². The molecule has 2 aliphatic heterocycles. The standard InChI is InChI=1S/C23H31FN4O/c1-16-21(17(2)26-25-16)9-10-23(29)28-12-3-4-19-15-27(13-11-22(19)28)14-18-5-7-20(24)8-6-18/h5-8,19,22H,3-4,9-15H2,1-2H3,(H,25,26)/t19-,22-/m1/s1. The molecule has 2 aliphatic rings. The second-order valence-electron chi connectivity index (χ2n) is 8.62. The molecule has 0 bridgehead atoms. The van der Waals surface area contributed by atoms with Gasteiger partial charge in [0.15, 0.2) is 0 Å². The van der Waals surface area contributed by atoms with Crippen LogP contribution >= 0.6 is 0 Å². The first-order valence-corrected chi connectivity index (χ1v) is 10.8. The van der Waals surface area contributed by atoms with Crippen molar-refractivity contribution in [1.82, 2.24) is 20.0 Å². The molecule has 0 spiro atoms. The third-order valence-electron chi connectivity index (χ3n) is 6.66. The number of amides is 1. The Labute approximate surface area is 172 Å². The Morgan fingerprint density at radius 2 is 2.00 bits per heavy atom. The number of aromatic nitrogens is 2. The minimum Gasteiger partial charge on any atom is -0.339 e. The Hall–Kier alpha value is -2.21. The van der Waals surface area contributed by atoms with Crippen LogP contribution in [0.4, 0.5) is 4.39 Å². The fourth-order valence-electron chi connectivity index (χ4n) is 5.10. The highest BCUT2D eigenvalue weighted by atomic mass is 19.1. The molecule has 6 heteroatoms. The van der Waals surface area contributed by atoms with E-state index in [0.717, 1.165) is 62.4 Å². The normalized spacial score (nSPS) is 22.5. The van der Waals surface area contributed by atoms with E-state index in [1.165, 1.54) is 24.1 Å². The summed E-state index contributed by atoms with van der Waals surface area (Å²) >= 11 is 0. The van der Waals surface area contributed by atoms with Crippen LogP contribution in [0.3, 0.4) is 0 Å². The summed E-state index contributed by atoms with van der Waals surface area (Å²) in [5.41, 5.74) is 4.40. The Bertz CT molecular complexity index is 828. The van der Waals surface area contributed by atoms with Crippen molar-refractivity contribution in [2.24, 2.45) is 5.92 Å². The number of likely N-dealkylation sites (tertiary alicyclic amines) is 2. The van der Waals surface area contributed by atoms with Crippen molar-refractivity contribution in [3.8, 4) is 0 Å². The Balaban J connectivity index is 1.34. The molecule has 5 nitrogen and oxygen atoms in total. The summed E-state index contributed by atoms with van der Waals surface area (Å²) in [7, 11) is 0. The fourth-order valence-corrected chi connectivity index (χ4v) is 5.10. The number of aromatic amines is 1. The van der Waals surface area contributed by atoms with Crippen molar-refractivity contribution in [2.45, 2.75) is 58.5 Å². The van der Waals surface area contributed by atoms with Crippen LogP contribution in [0.1, 0.15) is 48.2 Å². The third-order valence-corrected chi connectivity index (χ3v) is 6.66. The molecule has 0 saturated carbocycles. The number of hydrogen-bond donors (Lipinski definition) is 1. The molecule has 4 rings (SSSR count). The van der Waals surface area contributed by atoms with Gasteiger partial charge in [-0.3, -0.25) is 14.8 Å². The highest BCUT2D eigenvalue weighted by Crippen LogP contribution is 2.32. The van der Waals surface area contributed by atoms with Crippen molar-refractivity contribution in [1.29, 1.82) is 0 Å². The lowest BCUT2D eigenvalue weighted by atomic mass is 9.83. The SMILES string of the molecule is Cc1n[nH]c(C)c1CCC(=O)N1CCC[C@@H]2CN(Cc3ccc(F)cc3)CC[C@H]21. The van der Waals surface area contributed by atoms with E-state index >= 15 is 0 Å². The number of carbonyl (C=O) groups excluding carboxylic acids is 1. The van der Waals surface area contributed by atoms with Crippen LogP contribution in [-0.2, 0) is 17.8 Å². The molecule has 0 unspecified atom stereocenters. The maximum atomic E-state index is 13.1. The zero-order valence-corrected chi connectivity index (χ0v) is 17.5. The third kappa shape index (κ3) is 4.53. The number of piperidine rings is 2. The molecular weight excluding hydrogens is 367 g/mol. The summed E-state index contributed by atoms with van der Waals surface area (Å²) in [6.07, 6.45) is 4.62. The van der Waals surface area contributed by atoms with Gasteiger partial charge in [0.05, 0.1) is 5.69 Å². The maximum Gasteiger partial charge on any atom is 0.223 e. The number of nitrogens with zero attached hydrogens (tertiary/aromatic N) is 3. The zero-order valence-electron chi connectivity index (χ0n) is 17.5. The minimum absolute atomic E-state index is 0.185. The van der Waals surface area contributed by atoms with E-state index in [4.69, 9.17) is 0 Å². The number of benzene rings is 1. The van der Waals surface area contributed by atoms with E-state index < -0.39 is 0 Å². The number of nitrogens with one attached hydrogen (secondary N) is 1. The average molecular weight is 399 g/mol. The van der Waals surface area contributed by atoms with Crippen molar-refractivity contribution < 1.29 is 9.18 Å². The van der Waals surface area contributed by atoms with Crippen molar-refractivity contribution >= 4 is 5.91 Å². The maximum absolute atomic E-state index is 13.1. The van der Waals surface area contributed by atoms with Gasteiger partial charge in [0, 0.05) is 44.3 Å². The predicted molar refractivity (Wildman–Crippen MR) is 111 cm³/mol. The predicted octanol–water partition coefficient (Wildman–Crippen LogP) is 3.61. The molecule has 0 radical (unpaired) electrons. The van der Waals surface area contributed by atoms with Crippen molar-refractivity contribution in [3.63, 3.8) is 0 Å². The zero-order chi connectivity index (χ0) is 20.4. The summed E-state index contributed by atoms with van der Waals surface area (Å²) in [6, 6.07) is 7.18. The van der Waals surface area contributed by atoms with Gasteiger partial charge >= 0.3 is 0 Å². The van der Waals surface area contributed by atoms with E-state index in [1.54, 1.807) is 0 Å². The minimum atomic E-state index is -0.185. The average Bonchev–Trinajstić information content (AvgIpc) is 3.05. The number of halogens is 1. The molecule has 2 atom stereocenters. The second kappa shape index (κ2) is 8.66. The Morgan fingerprint density at radius 1 is 1.21 bits per heavy atom.